The van der Waals surface area contributed by atoms with Crippen LogP contribution in [0.25, 0.3) is 27.8 Å². The third kappa shape index (κ3) is 6.08. The fourth-order valence-electron chi connectivity index (χ4n) is 5.90. The van der Waals surface area contributed by atoms with Crippen LogP contribution >= 0.6 is 0 Å². The molecule has 1 aliphatic rings. The Balaban J connectivity index is 1.31. The standard InChI is InChI=1S/C34H42N8O/c1-21(2)18-30(43)37-28-11-7-9-23-19-29(38-31(23)28)27-10-6-5-8-24(27)20-36-33-40-34(41-15-12-25(35)13-16-41)39-32-26(22(3)4)14-17-42(32)33/h5-11,14,17,19,21-22,25,38H,12-13,15-16,18,20,35H2,1-4H3,(H,37,43)(H,36,39,40). The molecule has 1 saturated heterocycles. The van der Waals surface area contributed by atoms with Crippen LogP contribution in [0.15, 0.2) is 60.8 Å². The first-order valence-electron chi connectivity index (χ1n) is 15.4. The monoisotopic (exact) mass is 578 g/mol. The Kier molecular flexibility index (Phi) is 8.08. The highest BCUT2D eigenvalue weighted by atomic mass is 16.1. The molecule has 0 unspecified atom stereocenters. The maximum Gasteiger partial charge on any atom is 0.230 e. The van der Waals surface area contributed by atoms with Gasteiger partial charge >= 0.3 is 0 Å². The Hall–Kier alpha value is -4.37. The molecule has 0 radical (unpaired) electrons. The number of nitrogens with zero attached hydrogens (tertiary/aromatic N) is 4. The van der Waals surface area contributed by atoms with E-state index in [1.165, 1.54) is 5.56 Å². The number of hydrogen-bond acceptors (Lipinski definition) is 6. The number of hydrogen-bond donors (Lipinski definition) is 4. The fraction of sp³-hybridized carbons (Fsp3) is 0.382. The molecule has 0 spiro atoms. The molecule has 6 rings (SSSR count). The van der Waals surface area contributed by atoms with Gasteiger partial charge in [0.15, 0.2) is 0 Å². The number of para-hydroxylation sites is 1. The topological polar surface area (TPSA) is 116 Å². The molecule has 1 fully saturated rings. The van der Waals surface area contributed by atoms with Crippen molar-refractivity contribution in [1.29, 1.82) is 0 Å². The summed E-state index contributed by atoms with van der Waals surface area (Å²) < 4.78 is 2.06. The number of piperidine rings is 1. The number of anilines is 3. The van der Waals surface area contributed by atoms with E-state index in [-0.39, 0.29) is 11.9 Å². The maximum absolute atomic E-state index is 12.5. The van der Waals surface area contributed by atoms with Crippen LogP contribution in [0, 0.1) is 5.92 Å². The number of carbonyl (C=O) groups excluding carboxylic acids is 1. The lowest BCUT2D eigenvalue weighted by atomic mass is 10.0. The minimum atomic E-state index is 0.0248. The van der Waals surface area contributed by atoms with Crippen molar-refractivity contribution in [2.45, 2.75) is 65.5 Å². The highest BCUT2D eigenvalue weighted by Crippen LogP contribution is 2.32. The van der Waals surface area contributed by atoms with Crippen LogP contribution in [0.4, 0.5) is 17.6 Å². The summed E-state index contributed by atoms with van der Waals surface area (Å²) in [4.78, 5) is 28.4. The van der Waals surface area contributed by atoms with Crippen molar-refractivity contribution in [2.24, 2.45) is 11.7 Å². The van der Waals surface area contributed by atoms with E-state index in [0.29, 0.717) is 24.8 Å². The van der Waals surface area contributed by atoms with Crippen molar-refractivity contribution < 1.29 is 4.79 Å². The van der Waals surface area contributed by atoms with Crippen LogP contribution in [-0.4, -0.2) is 44.4 Å². The first kappa shape index (κ1) is 28.7. The van der Waals surface area contributed by atoms with Gasteiger partial charge in [-0.1, -0.05) is 64.1 Å². The molecule has 1 amide bonds. The average Bonchev–Trinajstić information content (AvgIpc) is 3.61. The molecular weight excluding hydrogens is 536 g/mol. The molecule has 5 aromatic rings. The molecule has 2 aromatic carbocycles. The van der Waals surface area contributed by atoms with Gasteiger partial charge < -0.3 is 26.3 Å². The summed E-state index contributed by atoms with van der Waals surface area (Å²) in [5.74, 6) is 2.18. The lowest BCUT2D eigenvalue weighted by Gasteiger charge is -2.30. The highest BCUT2D eigenvalue weighted by molar-refractivity contribution is 6.02. The van der Waals surface area contributed by atoms with Gasteiger partial charge in [-0.3, -0.25) is 9.20 Å². The smallest absolute Gasteiger partial charge is 0.230 e. The number of rotatable bonds is 9. The lowest BCUT2D eigenvalue weighted by Crippen LogP contribution is -2.40. The number of nitrogens with one attached hydrogen (secondary N) is 3. The first-order chi connectivity index (χ1) is 20.8. The second kappa shape index (κ2) is 12.1. The lowest BCUT2D eigenvalue weighted by molar-refractivity contribution is -0.116. The van der Waals surface area contributed by atoms with Crippen LogP contribution < -0.4 is 21.3 Å². The SMILES string of the molecule is CC(C)CC(=O)Nc1cccc2cc(-c3ccccc3CNc3nc(N4CCC(N)CC4)nc4c(C(C)C)ccn34)[nH]c12. The molecule has 0 atom stereocenters. The predicted octanol–water partition coefficient (Wildman–Crippen LogP) is 6.53. The van der Waals surface area contributed by atoms with Crippen LogP contribution in [0.3, 0.4) is 0 Å². The van der Waals surface area contributed by atoms with E-state index in [0.717, 1.165) is 76.9 Å². The Bertz CT molecular complexity index is 1740. The van der Waals surface area contributed by atoms with Crippen molar-refractivity contribution >= 4 is 40.0 Å². The van der Waals surface area contributed by atoms with Gasteiger partial charge in [-0.05, 0) is 54.0 Å². The minimum Gasteiger partial charge on any atom is -0.353 e. The number of nitrogens with two attached hydrogens (primary N) is 1. The summed E-state index contributed by atoms with van der Waals surface area (Å²) in [5.41, 5.74) is 13.3. The van der Waals surface area contributed by atoms with Gasteiger partial charge in [-0.2, -0.15) is 9.97 Å². The number of benzene rings is 2. The fourth-order valence-corrected chi connectivity index (χ4v) is 5.90. The largest absolute Gasteiger partial charge is 0.353 e. The zero-order chi connectivity index (χ0) is 30.1. The van der Waals surface area contributed by atoms with Crippen LogP contribution in [0.2, 0.25) is 0 Å². The molecule has 0 saturated carbocycles. The van der Waals surface area contributed by atoms with Gasteiger partial charge in [0.1, 0.15) is 5.65 Å². The average molecular weight is 579 g/mol. The molecule has 43 heavy (non-hydrogen) atoms. The zero-order valence-corrected chi connectivity index (χ0v) is 25.5. The van der Waals surface area contributed by atoms with Crippen molar-refractivity contribution in [2.75, 3.05) is 28.6 Å². The number of fused-ring (bicyclic) bond motifs is 2. The maximum atomic E-state index is 12.5. The molecule has 9 heteroatoms. The van der Waals surface area contributed by atoms with E-state index in [1.807, 2.05) is 26.0 Å². The molecular formula is C34H42N8O. The van der Waals surface area contributed by atoms with Gasteiger partial charge in [-0.15, -0.1) is 0 Å². The minimum absolute atomic E-state index is 0.0248. The van der Waals surface area contributed by atoms with Gasteiger partial charge in [0.2, 0.25) is 17.8 Å². The molecule has 0 bridgehead atoms. The van der Waals surface area contributed by atoms with Gasteiger partial charge in [0, 0.05) is 54.9 Å². The number of amides is 1. The van der Waals surface area contributed by atoms with Gasteiger partial charge in [-0.25, -0.2) is 0 Å². The van der Waals surface area contributed by atoms with E-state index in [1.54, 1.807) is 0 Å². The zero-order valence-electron chi connectivity index (χ0n) is 25.5. The molecule has 224 valence electrons. The second-order valence-electron chi connectivity index (χ2n) is 12.4. The van der Waals surface area contributed by atoms with Gasteiger partial charge in [0.25, 0.3) is 0 Å². The third-order valence-corrected chi connectivity index (χ3v) is 8.24. The second-order valence-corrected chi connectivity index (χ2v) is 12.4. The van der Waals surface area contributed by atoms with Crippen molar-refractivity contribution in [3.8, 4) is 11.3 Å². The van der Waals surface area contributed by atoms with E-state index < -0.39 is 0 Å². The summed E-state index contributed by atoms with van der Waals surface area (Å²) in [7, 11) is 0. The van der Waals surface area contributed by atoms with E-state index in [9.17, 15) is 4.79 Å². The summed E-state index contributed by atoms with van der Waals surface area (Å²) in [6.07, 6.45) is 4.43. The molecule has 3 aromatic heterocycles. The van der Waals surface area contributed by atoms with Crippen LogP contribution in [0.5, 0.6) is 0 Å². The Morgan fingerprint density at radius 2 is 1.84 bits per heavy atom. The normalized spacial score (nSPS) is 14.3. The third-order valence-electron chi connectivity index (χ3n) is 8.24. The number of aromatic nitrogens is 4. The molecule has 1 aliphatic heterocycles. The Morgan fingerprint density at radius 1 is 1.05 bits per heavy atom. The van der Waals surface area contributed by atoms with Crippen molar-refractivity contribution in [3.63, 3.8) is 0 Å². The molecule has 5 N–H and O–H groups in total. The van der Waals surface area contributed by atoms with Crippen molar-refractivity contribution in [1.82, 2.24) is 19.4 Å². The Labute approximate surface area is 252 Å². The van der Waals surface area contributed by atoms with E-state index >= 15 is 0 Å². The van der Waals surface area contributed by atoms with E-state index in [2.05, 4.69) is 87.4 Å². The first-order valence-corrected chi connectivity index (χ1v) is 15.4. The van der Waals surface area contributed by atoms with E-state index in [4.69, 9.17) is 15.7 Å². The predicted molar refractivity (Wildman–Crippen MR) is 176 cm³/mol. The van der Waals surface area contributed by atoms with Crippen LogP contribution in [0.1, 0.15) is 64.0 Å². The number of carbonyl (C=O) groups is 1. The van der Waals surface area contributed by atoms with Gasteiger partial charge in [0.05, 0.1) is 11.2 Å². The van der Waals surface area contributed by atoms with Crippen molar-refractivity contribution in [3.05, 3.63) is 71.9 Å². The van der Waals surface area contributed by atoms with Crippen LogP contribution in [-0.2, 0) is 11.3 Å². The highest BCUT2D eigenvalue weighted by Gasteiger charge is 2.22. The molecule has 9 nitrogen and oxygen atoms in total. The quantitative estimate of drug-likeness (QED) is 0.158. The Morgan fingerprint density at radius 3 is 2.60 bits per heavy atom. The molecule has 0 aliphatic carbocycles. The summed E-state index contributed by atoms with van der Waals surface area (Å²) in [6.45, 7) is 10.8. The summed E-state index contributed by atoms with van der Waals surface area (Å²) >= 11 is 0. The summed E-state index contributed by atoms with van der Waals surface area (Å²) in [5, 5.41) is 7.78. The summed E-state index contributed by atoms with van der Waals surface area (Å²) in [6, 6.07) is 18.9. The number of H-pyrrole nitrogens is 1. The molecule has 4 heterocycles. The number of aromatic amines is 1.